The first-order valence-electron chi connectivity index (χ1n) is 14.9. The third-order valence-electron chi connectivity index (χ3n) is 8.03. The second kappa shape index (κ2) is 12.8. The third kappa shape index (κ3) is 6.66. The van der Waals surface area contributed by atoms with Gasteiger partial charge in [0.2, 0.25) is 0 Å². The Morgan fingerprint density at radius 2 is 1.27 bits per heavy atom. The molecule has 49 heavy (non-hydrogen) atoms. The number of rotatable bonds is 11. The summed E-state index contributed by atoms with van der Waals surface area (Å²) >= 11 is 0. The summed E-state index contributed by atoms with van der Waals surface area (Å²) in [6.07, 6.45) is 0.774. The number of hydrogen-bond acceptors (Lipinski definition) is 18. The molecule has 0 radical (unpaired) electrons. The topological polar surface area (TPSA) is 277 Å². The number of nitrogens with two attached hydrogens (primary N) is 2. The van der Waals surface area contributed by atoms with Gasteiger partial charge >= 0.3 is 7.82 Å². The van der Waals surface area contributed by atoms with E-state index in [9.17, 15) is 23.2 Å². The standard InChI is InChI=1S/C27H31N10O10PS/c1-49(41,42)15-4-2-14(3-5-15)45-48(40,46-26(38)16-6-8-18(43-16)36-12-34-20-22(28)30-10-32-24(20)36)47-27(39)17-7-9-19(44-17)37-13-35-21-23(29)31-11-33-25(21)37/h2-5,10-13,16-19,26-27,38-39H,6-9H2,1H3,(H2,28,30,32)(H2,29,31,33)/t16-,17-,18+,19+,26?,27?,48?/m0/s1. The van der Waals surface area contributed by atoms with E-state index in [0.29, 0.717) is 35.2 Å². The minimum absolute atomic E-state index is 0.0227. The number of phosphoric acid groups is 1. The molecule has 2 aliphatic heterocycles. The maximum atomic E-state index is 14.1. The number of aliphatic hydroxyl groups excluding tert-OH is 2. The molecule has 1 aromatic carbocycles. The lowest BCUT2D eigenvalue weighted by Crippen LogP contribution is -2.32. The molecule has 20 nitrogen and oxygen atoms in total. The van der Waals surface area contributed by atoms with Crippen LogP contribution >= 0.6 is 7.82 Å². The molecule has 6 N–H and O–H groups in total. The number of fused-ring (bicyclic) bond motifs is 2. The number of benzene rings is 1. The number of anilines is 2. The maximum Gasteiger partial charge on any atom is 0.534 e. The third-order valence-corrected chi connectivity index (χ3v) is 10.5. The lowest BCUT2D eigenvalue weighted by molar-refractivity contribution is -0.170. The van der Waals surface area contributed by atoms with Gasteiger partial charge in [0.1, 0.15) is 54.1 Å². The van der Waals surface area contributed by atoms with Gasteiger partial charge in [0, 0.05) is 6.26 Å². The molecule has 2 unspecified atom stereocenters. The molecule has 0 amide bonds. The van der Waals surface area contributed by atoms with Gasteiger partial charge in [0.05, 0.1) is 17.6 Å². The van der Waals surface area contributed by atoms with E-state index in [0.717, 1.165) is 6.26 Å². The summed E-state index contributed by atoms with van der Waals surface area (Å²) in [4.78, 5) is 24.7. The van der Waals surface area contributed by atoms with Crippen LogP contribution in [0.5, 0.6) is 5.75 Å². The molecule has 2 saturated heterocycles. The van der Waals surface area contributed by atoms with Crippen molar-refractivity contribution in [1.82, 2.24) is 39.0 Å². The first kappa shape index (κ1) is 33.2. The quantitative estimate of drug-likeness (QED) is 0.111. The van der Waals surface area contributed by atoms with Crippen molar-refractivity contribution >= 4 is 51.6 Å². The number of sulfone groups is 1. The lowest BCUT2D eigenvalue weighted by atomic mass is 10.2. The fraction of sp³-hybridized carbons (Fsp3) is 0.407. The largest absolute Gasteiger partial charge is 0.534 e. The van der Waals surface area contributed by atoms with Crippen molar-refractivity contribution in [3.05, 3.63) is 49.6 Å². The molecular formula is C27H31N10O10PS. The van der Waals surface area contributed by atoms with E-state index in [2.05, 4.69) is 29.9 Å². The van der Waals surface area contributed by atoms with Gasteiger partial charge in [-0.05, 0) is 49.9 Å². The number of hydrogen-bond donors (Lipinski definition) is 4. The zero-order valence-electron chi connectivity index (χ0n) is 25.7. The Hall–Kier alpha value is -4.34. The summed E-state index contributed by atoms with van der Waals surface area (Å²) in [7, 11) is -8.43. The Bertz CT molecular complexity index is 2040. The first-order valence-corrected chi connectivity index (χ1v) is 18.2. The molecule has 0 spiro atoms. The number of nitrogens with zero attached hydrogens (tertiary/aromatic N) is 8. The number of phosphoric ester groups is 1. The lowest BCUT2D eigenvalue weighted by Gasteiger charge is -2.27. The van der Waals surface area contributed by atoms with Crippen LogP contribution < -0.4 is 16.0 Å². The van der Waals surface area contributed by atoms with Crippen LogP contribution in [0.1, 0.15) is 38.1 Å². The highest BCUT2D eigenvalue weighted by atomic mass is 32.2. The minimum atomic E-state index is -4.89. The average Bonchev–Trinajstić information content (AvgIpc) is 3.86. The number of ether oxygens (including phenoxy) is 2. The van der Waals surface area contributed by atoms with E-state index < -0.39 is 54.9 Å². The van der Waals surface area contributed by atoms with Crippen molar-refractivity contribution in [2.75, 3.05) is 17.7 Å². The zero-order chi connectivity index (χ0) is 34.5. The molecular weight excluding hydrogens is 687 g/mol. The maximum absolute atomic E-state index is 14.1. The van der Waals surface area contributed by atoms with E-state index in [4.69, 9.17) is 34.5 Å². The number of aliphatic hydroxyl groups is 2. The number of aromatic nitrogens is 8. The summed E-state index contributed by atoms with van der Waals surface area (Å²) in [5.74, 6) is 0.249. The second-order valence-electron chi connectivity index (χ2n) is 11.4. The highest BCUT2D eigenvalue weighted by molar-refractivity contribution is 7.90. The molecule has 0 saturated carbocycles. The van der Waals surface area contributed by atoms with Crippen LogP contribution in [0.3, 0.4) is 0 Å². The molecule has 7 rings (SSSR count). The van der Waals surface area contributed by atoms with Crippen molar-refractivity contribution in [3.8, 4) is 5.75 Å². The average molecular weight is 719 g/mol. The van der Waals surface area contributed by atoms with Gasteiger partial charge in [0.15, 0.2) is 45.3 Å². The highest BCUT2D eigenvalue weighted by Crippen LogP contribution is 2.53. The van der Waals surface area contributed by atoms with Crippen molar-refractivity contribution in [2.24, 2.45) is 0 Å². The molecule has 4 aromatic heterocycles. The molecule has 6 heterocycles. The van der Waals surface area contributed by atoms with Gasteiger partial charge in [-0.15, -0.1) is 0 Å². The SMILES string of the molecule is CS(=O)(=O)c1ccc(OP(=O)(OC(O)[C@@H]2CC[C@H](n3cnc4c(N)ncnc43)O2)OC(O)[C@@H]2CC[C@H](n3cnc4c(N)ncnc43)O2)cc1. The molecule has 260 valence electrons. The molecule has 22 heteroatoms. The Morgan fingerprint density at radius 1 is 0.796 bits per heavy atom. The fourth-order valence-electron chi connectivity index (χ4n) is 5.62. The second-order valence-corrected chi connectivity index (χ2v) is 14.9. The molecule has 6 atom stereocenters. The summed E-state index contributed by atoms with van der Waals surface area (Å²) < 4.78 is 69.8. The predicted octanol–water partition coefficient (Wildman–Crippen LogP) is 1.45. The first-order chi connectivity index (χ1) is 23.4. The normalized spacial score (nSPS) is 23.9. The fourth-order valence-corrected chi connectivity index (χ4v) is 7.57. The Kier molecular flexibility index (Phi) is 8.69. The Morgan fingerprint density at radius 3 is 1.71 bits per heavy atom. The summed E-state index contributed by atoms with van der Waals surface area (Å²) in [6, 6.07) is 4.92. The van der Waals surface area contributed by atoms with Gasteiger partial charge < -0.3 is 35.7 Å². The van der Waals surface area contributed by atoms with Crippen LogP contribution in [-0.2, 0) is 32.9 Å². The Labute approximate surface area is 277 Å². The number of imidazole rings is 2. The summed E-state index contributed by atoms with van der Waals surface area (Å²) in [6.45, 7) is 0. The van der Waals surface area contributed by atoms with Crippen molar-refractivity contribution < 1.29 is 46.2 Å². The van der Waals surface area contributed by atoms with Crippen molar-refractivity contribution in [2.45, 2.75) is 67.8 Å². The van der Waals surface area contributed by atoms with E-state index in [1.165, 1.54) is 49.6 Å². The predicted molar refractivity (Wildman–Crippen MR) is 168 cm³/mol. The minimum Gasteiger partial charge on any atom is -0.404 e. The monoisotopic (exact) mass is 718 g/mol. The Balaban J connectivity index is 1.08. The van der Waals surface area contributed by atoms with E-state index in [-0.39, 0.29) is 35.1 Å². The highest BCUT2D eigenvalue weighted by Gasteiger charge is 2.44. The van der Waals surface area contributed by atoms with Gasteiger partial charge in [-0.2, -0.15) is 0 Å². The molecule has 0 aliphatic carbocycles. The van der Waals surface area contributed by atoms with Crippen LogP contribution in [-0.4, -0.2) is 88.7 Å². The van der Waals surface area contributed by atoms with Gasteiger partial charge in [-0.1, -0.05) is 0 Å². The van der Waals surface area contributed by atoms with E-state index in [1.807, 2.05) is 0 Å². The van der Waals surface area contributed by atoms with Crippen molar-refractivity contribution in [3.63, 3.8) is 0 Å². The van der Waals surface area contributed by atoms with Crippen LogP contribution in [0.4, 0.5) is 11.6 Å². The van der Waals surface area contributed by atoms with Crippen LogP contribution in [0, 0.1) is 0 Å². The molecule has 5 aromatic rings. The van der Waals surface area contributed by atoms with Crippen LogP contribution in [0.25, 0.3) is 22.3 Å². The summed E-state index contributed by atoms with van der Waals surface area (Å²) in [5, 5.41) is 22.2. The number of nitrogen functional groups attached to an aromatic ring is 2. The molecule has 0 bridgehead atoms. The zero-order valence-corrected chi connectivity index (χ0v) is 27.4. The van der Waals surface area contributed by atoms with Crippen LogP contribution in [0.2, 0.25) is 0 Å². The van der Waals surface area contributed by atoms with Crippen LogP contribution in [0.15, 0.2) is 54.5 Å². The summed E-state index contributed by atoms with van der Waals surface area (Å²) in [5.41, 5.74) is 13.4. The molecule has 2 aliphatic rings. The smallest absolute Gasteiger partial charge is 0.404 e. The molecule has 2 fully saturated rings. The van der Waals surface area contributed by atoms with E-state index in [1.54, 1.807) is 9.13 Å². The van der Waals surface area contributed by atoms with Gasteiger partial charge in [-0.25, -0.2) is 51.9 Å². The van der Waals surface area contributed by atoms with Gasteiger partial charge in [0.25, 0.3) is 0 Å². The van der Waals surface area contributed by atoms with Crippen molar-refractivity contribution in [1.29, 1.82) is 0 Å². The van der Waals surface area contributed by atoms with Gasteiger partial charge in [-0.3, -0.25) is 9.13 Å². The van der Waals surface area contributed by atoms with E-state index >= 15 is 0 Å².